The molecular weight excluding hydrogens is 556 g/mol. The van der Waals surface area contributed by atoms with Crippen LogP contribution in [0.15, 0.2) is 24.3 Å². The van der Waals surface area contributed by atoms with Crippen molar-refractivity contribution in [2.24, 2.45) is 17.4 Å². The van der Waals surface area contributed by atoms with Crippen LogP contribution in [0.1, 0.15) is 48.3 Å². The van der Waals surface area contributed by atoms with Crippen molar-refractivity contribution in [3.8, 4) is 17.3 Å². The molecule has 4 N–H and O–H groups in total. The quantitative estimate of drug-likeness (QED) is 0.269. The van der Waals surface area contributed by atoms with Crippen LogP contribution >= 0.6 is 0 Å². The molecular formula is C27H33F2N7O4S. The molecule has 4 aromatic heterocycles. The van der Waals surface area contributed by atoms with Gasteiger partial charge in [-0.3, -0.25) is 9.20 Å². The number of amides is 1. The molecule has 0 atom stereocenters. The summed E-state index contributed by atoms with van der Waals surface area (Å²) in [5.41, 5.74) is 14.7. The SMILES string of the molecule is COc1c(C(C)(C)CN)c(C(N)=O)cc2nc(-c3cc4ccc(N(C(F)F)S(C)(=O)=O)nc4n3CC3CC3)c(C)n12. The van der Waals surface area contributed by atoms with Crippen LogP contribution in [0.3, 0.4) is 0 Å². The van der Waals surface area contributed by atoms with Gasteiger partial charge in [-0.25, -0.2) is 18.4 Å². The van der Waals surface area contributed by atoms with E-state index in [2.05, 4.69) is 4.98 Å². The molecule has 1 aliphatic carbocycles. The van der Waals surface area contributed by atoms with Crippen molar-refractivity contribution in [3.05, 3.63) is 41.1 Å². The number of aryl methyl sites for hydroxylation is 1. The Labute approximate surface area is 236 Å². The molecule has 4 aromatic rings. The van der Waals surface area contributed by atoms with E-state index >= 15 is 0 Å². The van der Waals surface area contributed by atoms with E-state index in [0.29, 0.717) is 63.9 Å². The Morgan fingerprint density at radius 2 is 1.93 bits per heavy atom. The zero-order valence-corrected chi connectivity index (χ0v) is 24.3. The summed E-state index contributed by atoms with van der Waals surface area (Å²) in [6, 6.07) is 6.30. The standard InChI is InChI=1S/C27H33F2N7O4S/c1-14-22(32-20-11-17(23(31)37)21(27(2,3)13-30)25(40-4)35(14)20)18-10-16-8-9-19(36(26(28)29)41(5,38)39)33-24(16)34(18)12-15-6-7-15/h8-11,15,26H,6-7,12-13,30H2,1-5H3,(H2,31,37). The molecule has 1 aliphatic rings. The molecule has 11 nitrogen and oxygen atoms in total. The zero-order valence-electron chi connectivity index (χ0n) is 23.5. The second-order valence-electron chi connectivity index (χ2n) is 11.1. The van der Waals surface area contributed by atoms with Crippen LogP contribution in [0, 0.1) is 12.8 Å². The van der Waals surface area contributed by atoms with E-state index < -0.39 is 27.9 Å². The summed E-state index contributed by atoms with van der Waals surface area (Å²) in [7, 11) is -2.78. The molecule has 0 aromatic carbocycles. The number of sulfonamides is 1. The molecule has 1 amide bonds. The molecule has 0 saturated heterocycles. The van der Waals surface area contributed by atoms with E-state index in [-0.39, 0.29) is 22.2 Å². The third-order valence-corrected chi connectivity index (χ3v) is 8.67. The molecule has 0 unspecified atom stereocenters. The van der Waals surface area contributed by atoms with Gasteiger partial charge in [-0.15, -0.1) is 0 Å². The maximum absolute atomic E-state index is 13.8. The highest BCUT2D eigenvalue weighted by Gasteiger charge is 2.33. The summed E-state index contributed by atoms with van der Waals surface area (Å²) in [6.45, 7) is 3.13. The summed E-state index contributed by atoms with van der Waals surface area (Å²) < 4.78 is 61.4. The Hall–Kier alpha value is -3.78. The molecule has 1 fully saturated rings. The maximum Gasteiger partial charge on any atom is 0.329 e. The van der Waals surface area contributed by atoms with Gasteiger partial charge in [0.2, 0.25) is 21.8 Å². The van der Waals surface area contributed by atoms with Crippen molar-refractivity contribution in [3.63, 3.8) is 0 Å². The third kappa shape index (κ3) is 4.88. The molecule has 41 heavy (non-hydrogen) atoms. The van der Waals surface area contributed by atoms with Gasteiger partial charge in [0, 0.05) is 29.5 Å². The number of nitrogens with two attached hydrogens (primary N) is 2. The molecule has 4 heterocycles. The summed E-state index contributed by atoms with van der Waals surface area (Å²) in [6.07, 6.45) is 2.72. The minimum atomic E-state index is -4.28. The van der Waals surface area contributed by atoms with Crippen LogP contribution in [-0.2, 0) is 22.0 Å². The number of fused-ring (bicyclic) bond motifs is 2. The number of carbonyl (C=O) groups is 1. The number of imidazole rings is 1. The number of aromatic nitrogens is 4. The molecule has 0 spiro atoms. The van der Waals surface area contributed by atoms with E-state index in [0.717, 1.165) is 12.8 Å². The van der Waals surface area contributed by atoms with Crippen molar-refractivity contribution in [2.45, 2.75) is 52.1 Å². The van der Waals surface area contributed by atoms with Crippen molar-refractivity contribution in [1.82, 2.24) is 18.9 Å². The number of anilines is 1. The minimum Gasteiger partial charge on any atom is -0.482 e. The first-order chi connectivity index (χ1) is 19.2. The molecule has 0 bridgehead atoms. The second-order valence-corrected chi connectivity index (χ2v) is 13.0. The van der Waals surface area contributed by atoms with Gasteiger partial charge in [0.25, 0.3) is 0 Å². The fraction of sp³-hybridized carbons (Fsp3) is 0.444. The average molecular weight is 590 g/mol. The number of rotatable bonds is 10. The number of alkyl halides is 2. The largest absolute Gasteiger partial charge is 0.482 e. The minimum absolute atomic E-state index is 0.00763. The number of halogens is 2. The number of pyridine rings is 2. The molecule has 1 saturated carbocycles. The summed E-state index contributed by atoms with van der Waals surface area (Å²) in [4.78, 5) is 21.8. The number of hydrogen-bond donors (Lipinski definition) is 2. The first-order valence-corrected chi connectivity index (χ1v) is 14.9. The molecule has 0 aliphatic heterocycles. The fourth-order valence-electron chi connectivity index (χ4n) is 5.29. The number of ether oxygens (including phenoxy) is 1. The van der Waals surface area contributed by atoms with Crippen LogP contribution in [0.25, 0.3) is 28.1 Å². The van der Waals surface area contributed by atoms with Crippen molar-refractivity contribution < 1.29 is 26.7 Å². The highest BCUT2D eigenvalue weighted by atomic mass is 32.2. The van der Waals surface area contributed by atoms with Crippen molar-refractivity contribution >= 4 is 38.4 Å². The van der Waals surface area contributed by atoms with E-state index in [4.69, 9.17) is 21.2 Å². The van der Waals surface area contributed by atoms with Gasteiger partial charge in [-0.2, -0.15) is 13.1 Å². The van der Waals surface area contributed by atoms with Gasteiger partial charge >= 0.3 is 6.55 Å². The predicted octanol–water partition coefficient (Wildman–Crippen LogP) is 3.40. The highest BCUT2D eigenvalue weighted by molar-refractivity contribution is 7.92. The lowest BCUT2D eigenvalue weighted by Crippen LogP contribution is -2.35. The normalized spacial score (nSPS) is 14.4. The Balaban J connectivity index is 1.79. The first-order valence-electron chi connectivity index (χ1n) is 13.1. The fourth-order valence-corrected chi connectivity index (χ4v) is 6.02. The van der Waals surface area contributed by atoms with Gasteiger partial charge in [-0.1, -0.05) is 13.8 Å². The second kappa shape index (κ2) is 9.94. The predicted molar refractivity (Wildman–Crippen MR) is 152 cm³/mol. The summed E-state index contributed by atoms with van der Waals surface area (Å²) in [5.74, 6) is -0.265. The Morgan fingerprint density at radius 3 is 2.46 bits per heavy atom. The van der Waals surface area contributed by atoms with Crippen LogP contribution in [0.5, 0.6) is 5.88 Å². The monoisotopic (exact) mass is 589 g/mol. The Kier molecular flexibility index (Phi) is 6.97. The summed E-state index contributed by atoms with van der Waals surface area (Å²) in [5, 5.41) is 0.637. The van der Waals surface area contributed by atoms with Gasteiger partial charge in [0.05, 0.1) is 30.3 Å². The van der Waals surface area contributed by atoms with E-state index in [9.17, 15) is 22.0 Å². The Morgan fingerprint density at radius 1 is 1.24 bits per heavy atom. The van der Waals surface area contributed by atoms with Crippen LogP contribution in [-0.4, -0.2) is 59.7 Å². The third-order valence-electron chi connectivity index (χ3n) is 7.61. The number of nitrogens with zero attached hydrogens (tertiary/aromatic N) is 5. The molecule has 0 radical (unpaired) electrons. The first kappa shape index (κ1) is 28.7. The zero-order chi connectivity index (χ0) is 30.0. The Bertz CT molecular complexity index is 1790. The van der Waals surface area contributed by atoms with Gasteiger partial charge < -0.3 is 20.8 Å². The number of carbonyl (C=O) groups excluding carboxylic acids is 1. The lowest BCUT2D eigenvalue weighted by molar-refractivity contribution is 0.0997. The molecule has 5 rings (SSSR count). The van der Waals surface area contributed by atoms with Crippen molar-refractivity contribution in [2.75, 3.05) is 24.2 Å². The average Bonchev–Trinajstić information content (AvgIpc) is 3.56. The van der Waals surface area contributed by atoms with Crippen LogP contribution in [0.4, 0.5) is 14.6 Å². The molecule has 14 heteroatoms. The van der Waals surface area contributed by atoms with Crippen LogP contribution in [0.2, 0.25) is 0 Å². The van der Waals surface area contributed by atoms with E-state index in [1.807, 2.05) is 31.4 Å². The van der Waals surface area contributed by atoms with Crippen LogP contribution < -0.4 is 20.5 Å². The van der Waals surface area contributed by atoms with E-state index in [1.54, 1.807) is 16.5 Å². The van der Waals surface area contributed by atoms with Gasteiger partial charge in [0.15, 0.2) is 0 Å². The number of methoxy groups -OCH3 is 1. The van der Waals surface area contributed by atoms with Gasteiger partial charge in [0.1, 0.15) is 22.8 Å². The lowest BCUT2D eigenvalue weighted by atomic mass is 9.82. The van der Waals surface area contributed by atoms with Crippen molar-refractivity contribution in [1.29, 1.82) is 0 Å². The number of hydrogen-bond acceptors (Lipinski definition) is 7. The summed E-state index contributed by atoms with van der Waals surface area (Å²) >= 11 is 0. The number of primary amides is 1. The highest BCUT2D eigenvalue weighted by Crippen LogP contribution is 2.40. The topological polar surface area (TPSA) is 151 Å². The maximum atomic E-state index is 13.8. The smallest absolute Gasteiger partial charge is 0.329 e. The van der Waals surface area contributed by atoms with E-state index in [1.165, 1.54) is 13.2 Å². The molecule has 220 valence electrons. The van der Waals surface area contributed by atoms with Gasteiger partial charge in [-0.05, 0) is 49.9 Å². The lowest BCUT2D eigenvalue weighted by Gasteiger charge is -2.28.